The fourth-order valence-electron chi connectivity index (χ4n) is 2.65. The summed E-state index contributed by atoms with van der Waals surface area (Å²) in [6, 6.07) is 0. The first kappa shape index (κ1) is 13.1. The fraction of sp³-hybridized carbons (Fsp3) is 0.714. The van der Waals surface area contributed by atoms with Crippen LogP contribution in [0.5, 0.6) is 0 Å². The molecule has 4 heteroatoms. The number of nitrogens with two attached hydrogens (primary N) is 1. The zero-order chi connectivity index (χ0) is 13.0. The third-order valence-electron chi connectivity index (χ3n) is 3.77. The average molecular weight is 248 g/mol. The van der Waals surface area contributed by atoms with Gasteiger partial charge in [0.05, 0.1) is 0 Å². The van der Waals surface area contributed by atoms with Crippen molar-refractivity contribution in [3.8, 4) is 0 Å². The summed E-state index contributed by atoms with van der Waals surface area (Å²) < 4.78 is 0. The molecule has 1 aromatic rings. The van der Waals surface area contributed by atoms with Gasteiger partial charge < -0.3 is 10.6 Å². The van der Waals surface area contributed by atoms with Gasteiger partial charge in [-0.3, -0.25) is 0 Å². The predicted molar refractivity (Wildman–Crippen MR) is 75.7 cm³/mol. The number of rotatable bonds is 3. The summed E-state index contributed by atoms with van der Waals surface area (Å²) >= 11 is 0. The molecule has 1 aromatic heterocycles. The van der Waals surface area contributed by atoms with Gasteiger partial charge in [-0.2, -0.15) is 0 Å². The molecular formula is C14H24N4. The van der Waals surface area contributed by atoms with E-state index in [1.54, 1.807) is 6.33 Å². The summed E-state index contributed by atoms with van der Waals surface area (Å²) in [5.41, 5.74) is 7.14. The molecule has 100 valence electrons. The smallest absolute Gasteiger partial charge is 0.137 e. The van der Waals surface area contributed by atoms with Crippen molar-refractivity contribution in [3.63, 3.8) is 0 Å². The summed E-state index contributed by atoms with van der Waals surface area (Å²) in [4.78, 5) is 11.0. The van der Waals surface area contributed by atoms with Gasteiger partial charge in [0, 0.05) is 18.7 Å². The minimum Gasteiger partial charge on any atom is -0.383 e. The molecule has 0 aliphatic carbocycles. The number of aromatic nitrogens is 2. The minimum atomic E-state index is 0.652. The second-order valence-corrected chi connectivity index (χ2v) is 5.33. The second kappa shape index (κ2) is 6.03. The van der Waals surface area contributed by atoms with Crippen LogP contribution in [-0.4, -0.2) is 23.1 Å². The molecular weight excluding hydrogens is 224 g/mol. The standard InChI is InChI=1S/C14H24N4/c1-3-5-12-13(15)16-10-17-14(12)18-8-4-6-11(2)7-9-18/h10-11H,3-9H2,1-2H3,(H2,15,16,17). The Hall–Kier alpha value is -1.32. The first-order valence-electron chi connectivity index (χ1n) is 7.06. The molecule has 0 spiro atoms. The van der Waals surface area contributed by atoms with Crippen LogP contribution in [0.2, 0.25) is 0 Å². The maximum Gasteiger partial charge on any atom is 0.137 e. The second-order valence-electron chi connectivity index (χ2n) is 5.33. The summed E-state index contributed by atoms with van der Waals surface area (Å²) in [7, 11) is 0. The lowest BCUT2D eigenvalue weighted by Crippen LogP contribution is -2.27. The lowest BCUT2D eigenvalue weighted by molar-refractivity contribution is 0.521. The highest BCUT2D eigenvalue weighted by Crippen LogP contribution is 2.26. The quantitative estimate of drug-likeness (QED) is 0.893. The molecule has 1 unspecified atom stereocenters. The topological polar surface area (TPSA) is 55.0 Å². The Morgan fingerprint density at radius 2 is 2.17 bits per heavy atom. The molecule has 0 saturated carbocycles. The molecule has 0 bridgehead atoms. The summed E-state index contributed by atoms with van der Waals surface area (Å²) in [6.45, 7) is 6.69. The van der Waals surface area contributed by atoms with Crippen LogP contribution < -0.4 is 10.6 Å². The van der Waals surface area contributed by atoms with Crippen molar-refractivity contribution >= 4 is 11.6 Å². The lowest BCUT2D eigenvalue weighted by Gasteiger charge is -2.24. The summed E-state index contributed by atoms with van der Waals surface area (Å²) in [5, 5.41) is 0. The summed E-state index contributed by atoms with van der Waals surface area (Å²) in [5.74, 6) is 2.54. The van der Waals surface area contributed by atoms with Crippen molar-refractivity contribution in [3.05, 3.63) is 11.9 Å². The van der Waals surface area contributed by atoms with Crippen LogP contribution in [0.3, 0.4) is 0 Å². The van der Waals surface area contributed by atoms with E-state index < -0.39 is 0 Å². The van der Waals surface area contributed by atoms with Crippen LogP contribution in [0.4, 0.5) is 11.6 Å². The van der Waals surface area contributed by atoms with E-state index in [4.69, 9.17) is 5.73 Å². The molecule has 0 aromatic carbocycles. The van der Waals surface area contributed by atoms with Gasteiger partial charge in [-0.15, -0.1) is 0 Å². The van der Waals surface area contributed by atoms with Gasteiger partial charge in [-0.25, -0.2) is 9.97 Å². The molecule has 1 atom stereocenters. The van der Waals surface area contributed by atoms with Crippen LogP contribution >= 0.6 is 0 Å². The molecule has 2 N–H and O–H groups in total. The Labute approximate surface area is 110 Å². The van der Waals surface area contributed by atoms with E-state index >= 15 is 0 Å². The largest absolute Gasteiger partial charge is 0.383 e. The molecule has 2 heterocycles. The van der Waals surface area contributed by atoms with Crippen LogP contribution in [0.15, 0.2) is 6.33 Å². The SMILES string of the molecule is CCCc1c(N)ncnc1N1CCCC(C)CC1. The molecule has 2 rings (SSSR count). The van der Waals surface area contributed by atoms with Crippen LogP contribution in [0.25, 0.3) is 0 Å². The Balaban J connectivity index is 2.23. The molecule has 1 saturated heterocycles. The Morgan fingerprint density at radius 1 is 1.33 bits per heavy atom. The molecule has 1 aliphatic heterocycles. The van der Waals surface area contributed by atoms with E-state index in [0.717, 1.165) is 43.2 Å². The number of hydrogen-bond donors (Lipinski definition) is 1. The molecule has 18 heavy (non-hydrogen) atoms. The first-order chi connectivity index (χ1) is 8.72. The lowest BCUT2D eigenvalue weighted by atomic mass is 10.0. The zero-order valence-corrected chi connectivity index (χ0v) is 11.5. The van der Waals surface area contributed by atoms with Crippen LogP contribution in [-0.2, 0) is 6.42 Å². The van der Waals surface area contributed by atoms with Gasteiger partial charge in [0.15, 0.2) is 0 Å². The maximum atomic E-state index is 6.00. The fourth-order valence-corrected chi connectivity index (χ4v) is 2.65. The third kappa shape index (κ3) is 2.92. The minimum absolute atomic E-state index is 0.652. The molecule has 0 amide bonds. The van der Waals surface area contributed by atoms with Crippen molar-refractivity contribution in [1.29, 1.82) is 0 Å². The first-order valence-corrected chi connectivity index (χ1v) is 7.06. The normalized spacial score (nSPS) is 20.8. The molecule has 1 aliphatic rings. The van der Waals surface area contributed by atoms with E-state index in [1.165, 1.54) is 19.3 Å². The van der Waals surface area contributed by atoms with E-state index in [9.17, 15) is 0 Å². The predicted octanol–water partition coefficient (Wildman–Crippen LogP) is 2.64. The van der Waals surface area contributed by atoms with Crippen LogP contribution in [0, 0.1) is 5.92 Å². The van der Waals surface area contributed by atoms with Crippen molar-refractivity contribution in [2.24, 2.45) is 5.92 Å². The van der Waals surface area contributed by atoms with Crippen molar-refractivity contribution < 1.29 is 0 Å². The van der Waals surface area contributed by atoms with Gasteiger partial charge in [-0.05, 0) is 31.6 Å². The van der Waals surface area contributed by atoms with E-state index in [2.05, 4.69) is 28.7 Å². The van der Waals surface area contributed by atoms with Gasteiger partial charge in [0.2, 0.25) is 0 Å². The highest BCUT2D eigenvalue weighted by atomic mass is 15.2. The summed E-state index contributed by atoms with van der Waals surface area (Å²) in [6.07, 6.45) is 7.45. The third-order valence-corrected chi connectivity index (χ3v) is 3.77. The Bertz CT molecular complexity index is 391. The molecule has 1 fully saturated rings. The highest BCUT2D eigenvalue weighted by molar-refractivity contribution is 5.56. The molecule has 0 radical (unpaired) electrons. The van der Waals surface area contributed by atoms with E-state index in [-0.39, 0.29) is 0 Å². The zero-order valence-electron chi connectivity index (χ0n) is 11.5. The monoisotopic (exact) mass is 248 g/mol. The average Bonchev–Trinajstić information content (AvgIpc) is 2.57. The number of hydrogen-bond acceptors (Lipinski definition) is 4. The number of nitrogen functional groups attached to an aromatic ring is 1. The van der Waals surface area contributed by atoms with Gasteiger partial charge in [-0.1, -0.05) is 20.3 Å². The van der Waals surface area contributed by atoms with Gasteiger partial charge >= 0.3 is 0 Å². The highest BCUT2D eigenvalue weighted by Gasteiger charge is 2.19. The van der Waals surface area contributed by atoms with Crippen molar-refractivity contribution in [2.45, 2.75) is 46.0 Å². The Morgan fingerprint density at radius 3 is 2.94 bits per heavy atom. The van der Waals surface area contributed by atoms with E-state index in [1.807, 2.05) is 0 Å². The Kier molecular flexibility index (Phi) is 4.39. The molecule has 4 nitrogen and oxygen atoms in total. The van der Waals surface area contributed by atoms with Crippen LogP contribution in [0.1, 0.15) is 45.1 Å². The number of nitrogens with zero attached hydrogens (tertiary/aromatic N) is 3. The van der Waals surface area contributed by atoms with E-state index in [0.29, 0.717) is 5.82 Å². The number of anilines is 2. The van der Waals surface area contributed by atoms with Crippen molar-refractivity contribution in [1.82, 2.24) is 9.97 Å². The maximum absolute atomic E-state index is 6.00. The van der Waals surface area contributed by atoms with Crippen molar-refractivity contribution in [2.75, 3.05) is 23.7 Å². The van der Waals surface area contributed by atoms with Gasteiger partial charge in [0.1, 0.15) is 18.0 Å². The van der Waals surface area contributed by atoms with Gasteiger partial charge in [0.25, 0.3) is 0 Å².